The smallest absolute Gasteiger partial charge is 0.184 e. The maximum Gasteiger partial charge on any atom is 0.184 e. The van der Waals surface area contributed by atoms with Gasteiger partial charge >= 0.3 is 0 Å². The maximum absolute atomic E-state index is 4.52. The highest BCUT2D eigenvalue weighted by Crippen LogP contribution is 2.46. The largest absolute Gasteiger partial charge is 0.310 e. The van der Waals surface area contributed by atoms with Crippen LogP contribution in [0.2, 0.25) is 0 Å². The molecule has 0 unspecified atom stereocenters. The molecule has 2 aromatic heterocycles. The van der Waals surface area contributed by atoms with Gasteiger partial charge in [0.15, 0.2) is 5.84 Å². The van der Waals surface area contributed by atoms with E-state index in [2.05, 4.69) is 75.3 Å². The Morgan fingerprint density at radius 3 is 2.78 bits per heavy atom. The first kappa shape index (κ1) is 12.8. The van der Waals surface area contributed by atoms with Crippen molar-refractivity contribution in [1.29, 1.82) is 0 Å². The van der Waals surface area contributed by atoms with Crippen LogP contribution in [-0.4, -0.2) is 16.1 Å². The summed E-state index contributed by atoms with van der Waals surface area (Å²) in [6, 6.07) is 12.7. The summed E-state index contributed by atoms with van der Waals surface area (Å²) in [5.74, 6) is 0.889. The Bertz CT molecular complexity index is 1050. The van der Waals surface area contributed by atoms with Gasteiger partial charge in [-0.15, -0.1) is 16.4 Å². The van der Waals surface area contributed by atoms with E-state index in [-0.39, 0.29) is 0 Å². The van der Waals surface area contributed by atoms with E-state index in [0.29, 0.717) is 0 Å². The lowest BCUT2D eigenvalue weighted by atomic mass is 10.1. The summed E-state index contributed by atoms with van der Waals surface area (Å²) in [7, 11) is 0. The number of hydrogen-bond donors (Lipinski definition) is 0. The van der Waals surface area contributed by atoms with E-state index >= 15 is 0 Å². The van der Waals surface area contributed by atoms with Crippen molar-refractivity contribution >= 4 is 38.0 Å². The van der Waals surface area contributed by atoms with Crippen molar-refractivity contribution in [3.8, 4) is 5.69 Å². The third-order valence-electron chi connectivity index (χ3n) is 4.26. The summed E-state index contributed by atoms with van der Waals surface area (Å²) in [4.78, 5) is 2.23. The van der Waals surface area contributed by atoms with Crippen molar-refractivity contribution < 1.29 is 0 Å². The lowest BCUT2D eigenvalue weighted by Gasteiger charge is -2.30. The maximum atomic E-state index is 4.52. The van der Waals surface area contributed by atoms with Crippen molar-refractivity contribution in [2.24, 2.45) is 10.2 Å². The molecule has 0 aliphatic carbocycles. The highest BCUT2D eigenvalue weighted by molar-refractivity contribution is 7.23. The lowest BCUT2D eigenvalue weighted by molar-refractivity contribution is 1.01. The van der Waals surface area contributed by atoms with Crippen LogP contribution in [0.25, 0.3) is 15.8 Å². The summed E-state index contributed by atoms with van der Waals surface area (Å²) in [5, 5.41) is 11.3. The number of rotatable bonds is 0. The van der Waals surface area contributed by atoms with Crippen molar-refractivity contribution in [2.45, 2.75) is 13.8 Å². The van der Waals surface area contributed by atoms with Crippen LogP contribution >= 0.6 is 11.3 Å². The second-order valence-electron chi connectivity index (χ2n) is 5.80. The minimum atomic E-state index is 0.889. The van der Waals surface area contributed by atoms with E-state index in [1.807, 2.05) is 6.92 Å². The molecule has 4 nitrogen and oxygen atoms in total. The molecule has 4 heterocycles. The molecule has 112 valence electrons. The molecule has 3 aromatic rings. The quantitative estimate of drug-likeness (QED) is 0.598. The van der Waals surface area contributed by atoms with Gasteiger partial charge in [0, 0.05) is 22.0 Å². The minimum Gasteiger partial charge on any atom is -0.310 e. The Morgan fingerprint density at radius 2 is 1.87 bits per heavy atom. The van der Waals surface area contributed by atoms with Crippen LogP contribution in [0.5, 0.6) is 0 Å². The summed E-state index contributed by atoms with van der Waals surface area (Å²) in [5.41, 5.74) is 4.37. The molecule has 2 aliphatic rings. The van der Waals surface area contributed by atoms with Gasteiger partial charge in [-0.2, -0.15) is 5.10 Å². The average Bonchev–Trinajstić information content (AvgIpc) is 3.12. The Labute approximate surface area is 137 Å². The predicted octanol–water partition coefficient (Wildman–Crippen LogP) is 4.55. The van der Waals surface area contributed by atoms with Crippen molar-refractivity contribution in [1.82, 2.24) is 4.57 Å². The Kier molecular flexibility index (Phi) is 2.47. The first-order chi connectivity index (χ1) is 11.2. The van der Waals surface area contributed by atoms with Gasteiger partial charge in [0.1, 0.15) is 5.00 Å². The molecule has 0 fully saturated rings. The van der Waals surface area contributed by atoms with Gasteiger partial charge in [-0.25, -0.2) is 0 Å². The van der Waals surface area contributed by atoms with E-state index in [9.17, 15) is 0 Å². The fraction of sp³-hybridized carbons (Fsp3) is 0.111. The zero-order valence-electron chi connectivity index (χ0n) is 12.8. The zero-order valence-corrected chi connectivity index (χ0v) is 13.6. The number of fused-ring (bicyclic) bond motifs is 8. The molecule has 0 atom stereocenters. The van der Waals surface area contributed by atoms with Crippen LogP contribution in [0, 0.1) is 0 Å². The van der Waals surface area contributed by atoms with Gasteiger partial charge in [-0.1, -0.05) is 18.2 Å². The molecule has 0 saturated heterocycles. The summed E-state index contributed by atoms with van der Waals surface area (Å²) in [6.45, 7) is 4.10. The van der Waals surface area contributed by atoms with E-state index in [0.717, 1.165) is 22.9 Å². The number of thiophene rings is 1. The minimum absolute atomic E-state index is 0.889. The fourth-order valence-electron chi connectivity index (χ4n) is 3.32. The summed E-state index contributed by atoms with van der Waals surface area (Å²) < 4.78 is 3.51. The first-order valence-corrected chi connectivity index (χ1v) is 8.36. The van der Waals surface area contributed by atoms with Crippen molar-refractivity contribution in [3.05, 3.63) is 60.1 Å². The molecule has 5 heteroatoms. The second-order valence-corrected chi connectivity index (χ2v) is 6.83. The van der Waals surface area contributed by atoms with Gasteiger partial charge < -0.3 is 4.57 Å². The Hall–Kier alpha value is -2.66. The van der Waals surface area contributed by atoms with Crippen molar-refractivity contribution in [2.75, 3.05) is 4.90 Å². The number of nitrogens with zero attached hydrogens (tertiary/aromatic N) is 4. The average molecular weight is 318 g/mol. The van der Waals surface area contributed by atoms with Crippen LogP contribution in [0.4, 0.5) is 5.00 Å². The molecule has 0 amide bonds. The normalized spacial score (nSPS) is 16.1. The highest BCUT2D eigenvalue weighted by atomic mass is 32.1. The van der Waals surface area contributed by atoms with Gasteiger partial charge in [-0.3, -0.25) is 4.90 Å². The van der Waals surface area contributed by atoms with E-state index in [1.54, 1.807) is 11.3 Å². The van der Waals surface area contributed by atoms with E-state index < -0.39 is 0 Å². The first-order valence-electron chi connectivity index (χ1n) is 7.54. The fourth-order valence-corrected chi connectivity index (χ4v) is 4.57. The lowest BCUT2D eigenvalue weighted by Crippen LogP contribution is -2.34. The van der Waals surface area contributed by atoms with Gasteiger partial charge in [0.2, 0.25) is 0 Å². The molecule has 23 heavy (non-hydrogen) atoms. The molecule has 5 rings (SSSR count). The Morgan fingerprint density at radius 1 is 1.00 bits per heavy atom. The van der Waals surface area contributed by atoms with E-state index in [1.165, 1.54) is 20.8 Å². The number of hydrogen-bond acceptors (Lipinski definition) is 4. The van der Waals surface area contributed by atoms with Crippen LogP contribution < -0.4 is 4.90 Å². The number of allylic oxidation sites excluding steroid dienone is 2. The molecule has 0 spiro atoms. The van der Waals surface area contributed by atoms with Gasteiger partial charge in [0.05, 0.1) is 17.1 Å². The van der Waals surface area contributed by atoms with E-state index in [4.69, 9.17) is 0 Å². The highest BCUT2D eigenvalue weighted by Gasteiger charge is 2.33. The zero-order chi connectivity index (χ0) is 15.6. The van der Waals surface area contributed by atoms with Crippen LogP contribution in [0.3, 0.4) is 0 Å². The number of amidine groups is 1. The molecular weight excluding hydrogens is 304 g/mol. The topological polar surface area (TPSA) is 32.9 Å². The number of benzene rings is 1. The van der Waals surface area contributed by atoms with Crippen LogP contribution in [0.1, 0.15) is 19.5 Å². The third-order valence-corrected chi connectivity index (χ3v) is 5.40. The molecule has 0 saturated carbocycles. The summed E-state index contributed by atoms with van der Waals surface area (Å²) in [6.07, 6.45) is 4.19. The van der Waals surface area contributed by atoms with Gasteiger partial charge in [0.25, 0.3) is 0 Å². The predicted molar refractivity (Wildman–Crippen MR) is 97.0 cm³/mol. The SMILES string of the molecule is CC1=CC(C)=NN=C2c3cccn3-c3c(sc4ccccc34)N12. The Balaban J connectivity index is 1.93. The molecule has 2 aliphatic heterocycles. The molecule has 0 radical (unpaired) electrons. The summed E-state index contributed by atoms with van der Waals surface area (Å²) >= 11 is 1.80. The molecule has 0 bridgehead atoms. The van der Waals surface area contributed by atoms with Crippen LogP contribution in [0.15, 0.2) is 64.6 Å². The monoisotopic (exact) mass is 318 g/mol. The number of anilines is 1. The van der Waals surface area contributed by atoms with Crippen LogP contribution in [-0.2, 0) is 0 Å². The third kappa shape index (κ3) is 1.65. The standard InChI is InChI=1S/C18H14N4S/c1-11-10-12(2)22-17(20-19-11)14-7-5-9-21(14)16-13-6-3-4-8-15(13)23-18(16)22/h3-10H,1-2H3. The molecule has 0 N–H and O–H groups in total. The molecule has 1 aromatic carbocycles. The molecular formula is C18H14N4S. The number of aromatic nitrogens is 1. The van der Waals surface area contributed by atoms with Crippen molar-refractivity contribution in [3.63, 3.8) is 0 Å². The van der Waals surface area contributed by atoms with Gasteiger partial charge in [-0.05, 0) is 38.1 Å². The second kappa shape index (κ2) is 4.43.